The number of nitrogens with one attached hydrogen (secondary N) is 2. The molecule has 0 spiro atoms. The van der Waals surface area contributed by atoms with Crippen molar-refractivity contribution in [1.29, 1.82) is 0 Å². The average Bonchev–Trinajstić information content (AvgIpc) is 2.53. The first-order chi connectivity index (χ1) is 11.2. The summed E-state index contributed by atoms with van der Waals surface area (Å²) in [6.07, 6.45) is 3.53. The van der Waals surface area contributed by atoms with E-state index in [-0.39, 0.29) is 0 Å². The van der Waals surface area contributed by atoms with Crippen LogP contribution in [0.3, 0.4) is 0 Å². The fourth-order valence-electron chi connectivity index (χ4n) is 2.11. The molecule has 0 atom stereocenters. The third-order valence-electron chi connectivity index (χ3n) is 3.15. The zero-order valence-corrected chi connectivity index (χ0v) is 13.4. The van der Waals surface area contributed by atoms with Crippen LogP contribution in [0.2, 0.25) is 5.02 Å². The van der Waals surface area contributed by atoms with Crippen LogP contribution in [0.5, 0.6) is 0 Å². The molecule has 0 amide bonds. The van der Waals surface area contributed by atoms with Gasteiger partial charge in [-0.2, -0.15) is 4.98 Å². The van der Waals surface area contributed by atoms with E-state index in [1.54, 1.807) is 12.4 Å². The zero-order valence-electron chi connectivity index (χ0n) is 12.6. The molecule has 1 aromatic carbocycles. The van der Waals surface area contributed by atoms with Gasteiger partial charge in [0.1, 0.15) is 5.82 Å². The summed E-state index contributed by atoms with van der Waals surface area (Å²) in [7, 11) is 0. The number of hydrogen-bond donors (Lipinski definition) is 2. The lowest BCUT2D eigenvalue weighted by Gasteiger charge is -2.10. The second-order valence-electron chi connectivity index (χ2n) is 5.06. The summed E-state index contributed by atoms with van der Waals surface area (Å²) in [4.78, 5) is 12.9. The average molecular weight is 326 g/mol. The van der Waals surface area contributed by atoms with Gasteiger partial charge in [0.05, 0.1) is 0 Å². The van der Waals surface area contributed by atoms with E-state index in [2.05, 4.69) is 25.6 Å². The van der Waals surface area contributed by atoms with Crippen molar-refractivity contribution >= 4 is 29.1 Å². The van der Waals surface area contributed by atoms with Crippen molar-refractivity contribution in [2.45, 2.75) is 13.5 Å². The Balaban J connectivity index is 1.73. The molecule has 2 N–H and O–H groups in total. The molecule has 3 rings (SSSR count). The summed E-state index contributed by atoms with van der Waals surface area (Å²) in [6.45, 7) is 2.57. The number of aryl methyl sites for hydroxylation is 1. The van der Waals surface area contributed by atoms with Crippen LogP contribution in [-0.2, 0) is 6.54 Å². The van der Waals surface area contributed by atoms with Crippen LogP contribution in [0.4, 0.5) is 17.5 Å². The molecule has 0 saturated heterocycles. The molecule has 23 heavy (non-hydrogen) atoms. The molecule has 6 heteroatoms. The maximum Gasteiger partial charge on any atom is 0.225 e. The second-order valence-corrected chi connectivity index (χ2v) is 5.50. The number of nitrogens with zero attached hydrogens (tertiary/aromatic N) is 3. The van der Waals surface area contributed by atoms with E-state index >= 15 is 0 Å². The van der Waals surface area contributed by atoms with Gasteiger partial charge in [-0.25, -0.2) is 4.98 Å². The number of hydrogen-bond acceptors (Lipinski definition) is 5. The van der Waals surface area contributed by atoms with E-state index in [0.29, 0.717) is 17.5 Å². The van der Waals surface area contributed by atoms with Gasteiger partial charge in [-0.05, 0) is 42.8 Å². The molecule has 5 nitrogen and oxygen atoms in total. The summed E-state index contributed by atoms with van der Waals surface area (Å²) in [5, 5.41) is 7.14. The maximum absolute atomic E-state index is 6.00. The lowest BCUT2D eigenvalue weighted by Crippen LogP contribution is -2.06. The molecule has 0 aliphatic rings. The van der Waals surface area contributed by atoms with Gasteiger partial charge in [0.2, 0.25) is 5.95 Å². The Morgan fingerprint density at radius 3 is 2.65 bits per heavy atom. The number of pyridine rings is 1. The Morgan fingerprint density at radius 1 is 1.04 bits per heavy atom. The van der Waals surface area contributed by atoms with Crippen molar-refractivity contribution in [3.8, 4) is 0 Å². The van der Waals surface area contributed by atoms with Crippen molar-refractivity contribution in [2.75, 3.05) is 10.6 Å². The summed E-state index contributed by atoms with van der Waals surface area (Å²) < 4.78 is 0. The number of halogens is 1. The summed E-state index contributed by atoms with van der Waals surface area (Å²) in [6, 6.07) is 13.3. The lowest BCUT2D eigenvalue weighted by molar-refractivity contribution is 1.03. The van der Waals surface area contributed by atoms with E-state index in [4.69, 9.17) is 11.6 Å². The lowest BCUT2D eigenvalue weighted by atomic mass is 10.3. The fourth-order valence-corrected chi connectivity index (χ4v) is 2.30. The molecular weight excluding hydrogens is 310 g/mol. The third kappa shape index (κ3) is 4.40. The van der Waals surface area contributed by atoms with Crippen LogP contribution in [0.25, 0.3) is 0 Å². The number of anilines is 3. The van der Waals surface area contributed by atoms with E-state index in [1.165, 1.54) is 0 Å². The van der Waals surface area contributed by atoms with Crippen LogP contribution >= 0.6 is 11.6 Å². The van der Waals surface area contributed by atoms with Crippen LogP contribution < -0.4 is 10.6 Å². The summed E-state index contributed by atoms with van der Waals surface area (Å²) in [5.41, 5.74) is 2.88. The van der Waals surface area contributed by atoms with Gasteiger partial charge in [-0.15, -0.1) is 0 Å². The number of benzene rings is 1. The predicted molar refractivity (Wildman–Crippen MR) is 93.1 cm³/mol. The largest absolute Gasteiger partial charge is 0.350 e. The minimum Gasteiger partial charge on any atom is -0.350 e. The summed E-state index contributed by atoms with van der Waals surface area (Å²) in [5.74, 6) is 1.29. The molecule has 0 radical (unpaired) electrons. The molecule has 0 bridgehead atoms. The second kappa shape index (κ2) is 7.07. The van der Waals surface area contributed by atoms with Crippen LogP contribution in [0.1, 0.15) is 11.3 Å². The highest BCUT2D eigenvalue weighted by Gasteiger charge is 2.03. The number of rotatable bonds is 5. The minimum atomic E-state index is 0.575. The fraction of sp³-hybridized carbons (Fsp3) is 0.118. The third-order valence-corrected chi connectivity index (χ3v) is 3.39. The molecule has 0 fully saturated rings. The molecule has 2 heterocycles. The summed E-state index contributed by atoms with van der Waals surface area (Å²) >= 11 is 6.00. The normalized spacial score (nSPS) is 10.3. The van der Waals surface area contributed by atoms with E-state index in [1.807, 2.05) is 49.4 Å². The molecule has 116 valence electrons. The topological polar surface area (TPSA) is 62.7 Å². The van der Waals surface area contributed by atoms with Gasteiger partial charge in [-0.1, -0.05) is 17.7 Å². The van der Waals surface area contributed by atoms with Crippen molar-refractivity contribution in [2.24, 2.45) is 0 Å². The molecule has 0 aliphatic heterocycles. The monoisotopic (exact) mass is 325 g/mol. The first-order valence-electron chi connectivity index (χ1n) is 7.20. The Morgan fingerprint density at radius 2 is 1.87 bits per heavy atom. The highest BCUT2D eigenvalue weighted by atomic mass is 35.5. The minimum absolute atomic E-state index is 0.575. The molecular formula is C17H16ClN5. The first kappa shape index (κ1) is 15.2. The van der Waals surface area contributed by atoms with Crippen LogP contribution in [0.15, 0.2) is 54.9 Å². The van der Waals surface area contributed by atoms with E-state index < -0.39 is 0 Å². The smallest absolute Gasteiger partial charge is 0.225 e. The molecule has 0 unspecified atom stereocenters. The first-order valence-corrected chi connectivity index (χ1v) is 7.58. The van der Waals surface area contributed by atoms with Gasteiger partial charge in [0.15, 0.2) is 0 Å². The quantitative estimate of drug-likeness (QED) is 0.736. The van der Waals surface area contributed by atoms with E-state index in [0.717, 1.165) is 22.8 Å². The van der Waals surface area contributed by atoms with Crippen molar-refractivity contribution in [3.05, 3.63) is 71.1 Å². The Kier molecular flexibility index (Phi) is 4.68. The molecule has 2 aromatic heterocycles. The molecule has 3 aromatic rings. The van der Waals surface area contributed by atoms with Crippen LogP contribution in [-0.4, -0.2) is 15.0 Å². The zero-order chi connectivity index (χ0) is 16.1. The SMILES string of the molecule is Cc1cc(Nc2cccc(Cl)c2)nc(NCc2ccncc2)n1. The Labute approximate surface area is 139 Å². The number of aromatic nitrogens is 3. The maximum atomic E-state index is 6.00. The van der Waals surface area contributed by atoms with Gasteiger partial charge in [0, 0.05) is 41.4 Å². The highest BCUT2D eigenvalue weighted by molar-refractivity contribution is 6.30. The van der Waals surface area contributed by atoms with Gasteiger partial charge >= 0.3 is 0 Å². The van der Waals surface area contributed by atoms with Crippen LogP contribution in [0, 0.1) is 6.92 Å². The van der Waals surface area contributed by atoms with Crippen molar-refractivity contribution in [3.63, 3.8) is 0 Å². The molecule has 0 saturated carbocycles. The highest BCUT2D eigenvalue weighted by Crippen LogP contribution is 2.20. The van der Waals surface area contributed by atoms with E-state index in [9.17, 15) is 0 Å². The standard InChI is InChI=1S/C17H16ClN5/c1-12-9-16(22-15-4-2-3-14(18)10-15)23-17(21-12)20-11-13-5-7-19-8-6-13/h2-10H,11H2,1H3,(H2,20,21,22,23). The van der Waals surface area contributed by atoms with Crippen molar-refractivity contribution < 1.29 is 0 Å². The Hall–Kier alpha value is -2.66. The van der Waals surface area contributed by atoms with Gasteiger partial charge < -0.3 is 10.6 Å². The molecule has 0 aliphatic carbocycles. The Bertz CT molecular complexity index is 792. The van der Waals surface area contributed by atoms with Gasteiger partial charge in [0.25, 0.3) is 0 Å². The van der Waals surface area contributed by atoms with Gasteiger partial charge in [-0.3, -0.25) is 4.98 Å². The van der Waals surface area contributed by atoms with Crippen molar-refractivity contribution in [1.82, 2.24) is 15.0 Å². The predicted octanol–water partition coefficient (Wildman–Crippen LogP) is 4.19.